The average Bonchev–Trinajstić information content (AvgIpc) is 2.39. The van der Waals surface area contributed by atoms with Crippen molar-refractivity contribution >= 4 is 27.2 Å². The molecule has 2 N–H and O–H groups in total. The van der Waals surface area contributed by atoms with Crippen LogP contribution in [0.1, 0.15) is 31.9 Å². The van der Waals surface area contributed by atoms with E-state index in [0.717, 1.165) is 19.3 Å². The Hall–Kier alpha value is -1.05. The summed E-state index contributed by atoms with van der Waals surface area (Å²) in [5, 5.41) is 0. The molecular weight excluding hydrogens is 282 g/mol. The molecule has 0 aromatic carbocycles. The second-order valence-electron chi connectivity index (χ2n) is 4.28. The maximum atomic E-state index is 12.2. The highest BCUT2D eigenvalue weighted by Crippen LogP contribution is 2.14. The van der Waals surface area contributed by atoms with E-state index in [4.69, 9.17) is 18.0 Å². The van der Waals surface area contributed by atoms with Crippen molar-refractivity contribution in [2.75, 3.05) is 13.6 Å². The van der Waals surface area contributed by atoms with Gasteiger partial charge in [0.1, 0.15) is 9.88 Å². The molecule has 0 spiro atoms. The Morgan fingerprint density at radius 1 is 1.42 bits per heavy atom. The Morgan fingerprint density at radius 2 is 2.11 bits per heavy atom. The molecule has 0 aliphatic rings. The fourth-order valence-corrected chi connectivity index (χ4v) is 2.84. The number of nitrogens with zero attached hydrogens (tertiary/aromatic N) is 2. The lowest BCUT2D eigenvalue weighted by molar-refractivity contribution is 0.454. The van der Waals surface area contributed by atoms with Crippen molar-refractivity contribution in [2.45, 2.75) is 31.1 Å². The lowest BCUT2D eigenvalue weighted by Gasteiger charge is -2.16. The lowest BCUT2D eigenvalue weighted by Crippen LogP contribution is -2.28. The standard InChI is InChI=1S/C12H19N3O2S2/c1-3-4-5-8-15(2)19(16,17)10-6-7-11(12(13)18)14-9-10/h6-7,9H,3-5,8H2,1-2H3,(H2,13,18). The molecule has 0 atom stereocenters. The van der Waals surface area contributed by atoms with E-state index in [-0.39, 0.29) is 9.88 Å². The van der Waals surface area contributed by atoms with Crippen LogP contribution in [0.3, 0.4) is 0 Å². The molecule has 19 heavy (non-hydrogen) atoms. The van der Waals surface area contributed by atoms with Crippen molar-refractivity contribution in [3.05, 3.63) is 24.0 Å². The summed E-state index contributed by atoms with van der Waals surface area (Å²) in [7, 11) is -1.90. The summed E-state index contributed by atoms with van der Waals surface area (Å²) in [4.78, 5) is 4.26. The van der Waals surface area contributed by atoms with Crippen LogP contribution in [-0.2, 0) is 10.0 Å². The van der Waals surface area contributed by atoms with Gasteiger partial charge < -0.3 is 5.73 Å². The van der Waals surface area contributed by atoms with Crippen LogP contribution in [0, 0.1) is 0 Å². The monoisotopic (exact) mass is 301 g/mol. The molecule has 0 radical (unpaired) electrons. The predicted molar refractivity (Wildman–Crippen MR) is 79.5 cm³/mol. The third-order valence-electron chi connectivity index (χ3n) is 2.77. The van der Waals surface area contributed by atoms with Gasteiger partial charge in [0.15, 0.2) is 0 Å². The number of aromatic nitrogens is 1. The Bertz CT molecular complexity index is 526. The largest absolute Gasteiger partial charge is 0.388 e. The van der Waals surface area contributed by atoms with E-state index in [1.807, 2.05) is 0 Å². The van der Waals surface area contributed by atoms with Gasteiger partial charge in [-0.15, -0.1) is 0 Å². The fraction of sp³-hybridized carbons (Fsp3) is 0.500. The number of sulfonamides is 1. The Morgan fingerprint density at radius 3 is 2.58 bits per heavy atom. The summed E-state index contributed by atoms with van der Waals surface area (Å²) in [6, 6.07) is 3.00. The highest BCUT2D eigenvalue weighted by molar-refractivity contribution is 7.89. The first kappa shape index (κ1) is 16.0. The number of pyridine rings is 1. The molecule has 0 saturated heterocycles. The maximum Gasteiger partial charge on any atom is 0.244 e. The number of unbranched alkanes of at least 4 members (excludes halogenated alkanes) is 2. The number of hydrogen-bond donors (Lipinski definition) is 1. The molecule has 1 aromatic rings. The van der Waals surface area contributed by atoms with Crippen LogP contribution >= 0.6 is 12.2 Å². The highest BCUT2D eigenvalue weighted by atomic mass is 32.2. The first-order valence-corrected chi connectivity index (χ1v) is 7.96. The van der Waals surface area contributed by atoms with Crippen molar-refractivity contribution in [3.8, 4) is 0 Å². The summed E-state index contributed by atoms with van der Waals surface area (Å²) >= 11 is 4.78. The van der Waals surface area contributed by atoms with Crippen molar-refractivity contribution in [3.63, 3.8) is 0 Å². The normalized spacial score (nSPS) is 11.7. The van der Waals surface area contributed by atoms with Crippen LogP contribution in [-0.4, -0.2) is 36.3 Å². The number of thiocarbonyl (C=S) groups is 1. The number of nitrogens with two attached hydrogens (primary N) is 1. The van der Waals surface area contributed by atoms with Crippen molar-refractivity contribution in [1.29, 1.82) is 0 Å². The molecule has 5 nitrogen and oxygen atoms in total. The minimum absolute atomic E-state index is 0.153. The maximum absolute atomic E-state index is 12.2. The van der Waals surface area contributed by atoms with E-state index >= 15 is 0 Å². The second kappa shape index (κ2) is 6.93. The zero-order valence-electron chi connectivity index (χ0n) is 11.2. The van der Waals surface area contributed by atoms with Gasteiger partial charge in [-0.1, -0.05) is 32.0 Å². The van der Waals surface area contributed by atoms with Gasteiger partial charge in [0, 0.05) is 19.8 Å². The Balaban J connectivity index is 2.84. The van der Waals surface area contributed by atoms with Crippen molar-refractivity contribution < 1.29 is 8.42 Å². The third-order valence-corrected chi connectivity index (χ3v) is 4.82. The van der Waals surface area contributed by atoms with Gasteiger partial charge in [-0.25, -0.2) is 12.7 Å². The number of rotatable bonds is 7. The SMILES string of the molecule is CCCCCN(C)S(=O)(=O)c1ccc(C(N)=S)nc1. The molecule has 0 amide bonds. The molecular formula is C12H19N3O2S2. The molecule has 0 bridgehead atoms. The molecule has 106 valence electrons. The van der Waals surface area contributed by atoms with Gasteiger partial charge in [0.25, 0.3) is 0 Å². The van der Waals surface area contributed by atoms with Gasteiger partial charge in [-0.3, -0.25) is 4.98 Å². The van der Waals surface area contributed by atoms with Crippen LogP contribution in [0.15, 0.2) is 23.2 Å². The van der Waals surface area contributed by atoms with Crippen LogP contribution < -0.4 is 5.73 Å². The molecule has 0 unspecified atom stereocenters. The molecule has 1 aromatic heterocycles. The van der Waals surface area contributed by atoms with Crippen LogP contribution in [0.25, 0.3) is 0 Å². The minimum Gasteiger partial charge on any atom is -0.388 e. The first-order valence-electron chi connectivity index (χ1n) is 6.11. The molecule has 1 rings (SSSR count). The zero-order valence-corrected chi connectivity index (χ0v) is 12.8. The summed E-state index contributed by atoms with van der Waals surface area (Å²) in [6.45, 7) is 2.58. The van der Waals surface area contributed by atoms with E-state index in [9.17, 15) is 8.42 Å². The van der Waals surface area contributed by atoms with Crippen LogP contribution in [0.2, 0.25) is 0 Å². The quantitative estimate of drug-likeness (QED) is 0.610. The zero-order chi connectivity index (χ0) is 14.5. The Labute approximate surface area is 119 Å². The summed E-state index contributed by atoms with van der Waals surface area (Å²) in [6.07, 6.45) is 4.21. The summed E-state index contributed by atoms with van der Waals surface area (Å²) < 4.78 is 25.8. The van der Waals surface area contributed by atoms with Crippen LogP contribution in [0.5, 0.6) is 0 Å². The van der Waals surface area contributed by atoms with E-state index in [1.54, 1.807) is 7.05 Å². The third kappa shape index (κ3) is 4.22. The van der Waals surface area contributed by atoms with Crippen LogP contribution in [0.4, 0.5) is 0 Å². The first-order chi connectivity index (χ1) is 8.89. The smallest absolute Gasteiger partial charge is 0.244 e. The van der Waals surface area contributed by atoms with Crippen molar-refractivity contribution in [2.24, 2.45) is 5.73 Å². The molecule has 0 fully saturated rings. The molecule has 7 heteroatoms. The van der Waals surface area contributed by atoms with Gasteiger partial charge in [0.2, 0.25) is 10.0 Å². The predicted octanol–water partition coefficient (Wildman–Crippen LogP) is 1.53. The molecule has 1 heterocycles. The van der Waals surface area contributed by atoms with E-state index in [2.05, 4.69) is 11.9 Å². The van der Waals surface area contributed by atoms with Gasteiger partial charge in [-0.05, 0) is 18.6 Å². The Kier molecular flexibility index (Phi) is 5.84. The van der Waals surface area contributed by atoms with E-state index < -0.39 is 10.0 Å². The lowest BCUT2D eigenvalue weighted by atomic mass is 10.2. The highest BCUT2D eigenvalue weighted by Gasteiger charge is 2.20. The molecule has 0 aliphatic heterocycles. The fourth-order valence-electron chi connectivity index (χ4n) is 1.56. The van der Waals surface area contributed by atoms with Crippen molar-refractivity contribution in [1.82, 2.24) is 9.29 Å². The van der Waals surface area contributed by atoms with E-state index in [1.165, 1.54) is 22.6 Å². The van der Waals surface area contributed by atoms with Gasteiger partial charge in [0.05, 0.1) is 5.69 Å². The summed E-state index contributed by atoms with van der Waals surface area (Å²) in [5.41, 5.74) is 5.84. The topological polar surface area (TPSA) is 76.3 Å². The molecule has 0 saturated carbocycles. The van der Waals surface area contributed by atoms with Gasteiger partial charge in [-0.2, -0.15) is 0 Å². The number of hydrogen-bond acceptors (Lipinski definition) is 4. The second-order valence-corrected chi connectivity index (χ2v) is 6.76. The van der Waals surface area contributed by atoms with E-state index in [0.29, 0.717) is 12.2 Å². The average molecular weight is 301 g/mol. The minimum atomic E-state index is -3.48. The van der Waals surface area contributed by atoms with Gasteiger partial charge >= 0.3 is 0 Å². The summed E-state index contributed by atoms with van der Waals surface area (Å²) in [5.74, 6) is 0. The molecule has 0 aliphatic carbocycles.